The van der Waals surface area contributed by atoms with Crippen LogP contribution >= 0.6 is 0 Å². The summed E-state index contributed by atoms with van der Waals surface area (Å²) in [6.45, 7) is 4.20. The SMILES string of the molecule is CCCc1noc(CN2CCC[C@@H]3CCC[C@@H]32)n1. The first-order chi connectivity index (χ1) is 8.86. The molecule has 2 fully saturated rings. The van der Waals surface area contributed by atoms with Gasteiger partial charge >= 0.3 is 0 Å². The van der Waals surface area contributed by atoms with Crippen LogP contribution in [0.15, 0.2) is 4.52 Å². The molecule has 1 saturated carbocycles. The molecule has 2 atom stereocenters. The topological polar surface area (TPSA) is 42.2 Å². The maximum absolute atomic E-state index is 5.37. The summed E-state index contributed by atoms with van der Waals surface area (Å²) in [7, 11) is 0. The Bertz CT molecular complexity index is 390. The number of hydrogen-bond donors (Lipinski definition) is 0. The second kappa shape index (κ2) is 5.39. The van der Waals surface area contributed by atoms with E-state index in [1.165, 1.54) is 38.6 Å². The first-order valence-electron chi connectivity index (χ1n) is 7.42. The Balaban J connectivity index is 1.63. The average molecular weight is 249 g/mol. The molecule has 0 unspecified atom stereocenters. The van der Waals surface area contributed by atoms with E-state index in [1.807, 2.05) is 0 Å². The summed E-state index contributed by atoms with van der Waals surface area (Å²) in [5, 5.41) is 4.04. The van der Waals surface area contributed by atoms with Crippen LogP contribution in [0.4, 0.5) is 0 Å². The molecule has 1 aromatic rings. The molecular weight excluding hydrogens is 226 g/mol. The molecule has 1 aliphatic carbocycles. The number of fused-ring (bicyclic) bond motifs is 1. The van der Waals surface area contributed by atoms with Gasteiger partial charge in [0.25, 0.3) is 0 Å². The Labute approximate surface area is 109 Å². The van der Waals surface area contributed by atoms with Crippen LogP contribution in [0.25, 0.3) is 0 Å². The summed E-state index contributed by atoms with van der Waals surface area (Å²) in [4.78, 5) is 7.06. The molecule has 2 aliphatic rings. The van der Waals surface area contributed by atoms with Gasteiger partial charge in [0.05, 0.1) is 6.54 Å². The molecule has 4 heteroatoms. The third kappa shape index (κ3) is 2.44. The van der Waals surface area contributed by atoms with Crippen LogP contribution in [0.3, 0.4) is 0 Å². The Hall–Kier alpha value is -0.900. The molecule has 2 heterocycles. The lowest BCUT2D eigenvalue weighted by atomic mass is 9.92. The van der Waals surface area contributed by atoms with Crippen molar-refractivity contribution < 1.29 is 4.52 Å². The van der Waals surface area contributed by atoms with Gasteiger partial charge in [-0.15, -0.1) is 0 Å². The van der Waals surface area contributed by atoms with Crippen LogP contribution in [0, 0.1) is 5.92 Å². The van der Waals surface area contributed by atoms with Crippen molar-refractivity contribution in [3.8, 4) is 0 Å². The van der Waals surface area contributed by atoms with E-state index < -0.39 is 0 Å². The van der Waals surface area contributed by atoms with E-state index in [1.54, 1.807) is 0 Å². The molecule has 1 saturated heterocycles. The molecule has 4 nitrogen and oxygen atoms in total. The first-order valence-corrected chi connectivity index (χ1v) is 7.42. The van der Waals surface area contributed by atoms with Gasteiger partial charge in [0.2, 0.25) is 5.89 Å². The molecule has 3 rings (SSSR count). The standard InChI is InChI=1S/C14H23N3O/c1-2-5-13-15-14(18-16-13)10-17-9-4-7-11-6-3-8-12(11)17/h11-12H,2-10H2,1H3/t11-,12-/m0/s1. The highest BCUT2D eigenvalue weighted by Crippen LogP contribution is 2.37. The van der Waals surface area contributed by atoms with Crippen molar-refractivity contribution in [3.63, 3.8) is 0 Å². The van der Waals surface area contributed by atoms with Gasteiger partial charge in [0.1, 0.15) is 0 Å². The van der Waals surface area contributed by atoms with Gasteiger partial charge in [-0.1, -0.05) is 18.5 Å². The lowest BCUT2D eigenvalue weighted by Gasteiger charge is -2.36. The fraction of sp³-hybridized carbons (Fsp3) is 0.857. The number of rotatable bonds is 4. The highest BCUT2D eigenvalue weighted by atomic mass is 16.5. The molecule has 1 aromatic heterocycles. The zero-order valence-corrected chi connectivity index (χ0v) is 11.3. The normalized spacial score (nSPS) is 28.5. The molecule has 0 amide bonds. The lowest BCUT2D eigenvalue weighted by molar-refractivity contribution is 0.0933. The fourth-order valence-corrected chi connectivity index (χ4v) is 3.61. The number of aromatic nitrogens is 2. The molecule has 0 bridgehead atoms. The molecule has 1 aliphatic heterocycles. The predicted molar refractivity (Wildman–Crippen MR) is 69.1 cm³/mol. The number of hydrogen-bond acceptors (Lipinski definition) is 4. The van der Waals surface area contributed by atoms with Crippen molar-refractivity contribution >= 4 is 0 Å². The minimum atomic E-state index is 0.778. The first kappa shape index (κ1) is 12.2. The average Bonchev–Trinajstić information content (AvgIpc) is 2.99. The molecule has 0 spiro atoms. The van der Waals surface area contributed by atoms with Gasteiger partial charge in [-0.2, -0.15) is 4.98 Å². The minimum Gasteiger partial charge on any atom is -0.338 e. The van der Waals surface area contributed by atoms with Crippen molar-refractivity contribution in [1.29, 1.82) is 0 Å². The zero-order chi connectivity index (χ0) is 12.4. The van der Waals surface area contributed by atoms with Crippen LogP contribution in [0.2, 0.25) is 0 Å². The van der Waals surface area contributed by atoms with Crippen molar-refractivity contribution in [3.05, 3.63) is 11.7 Å². The molecule has 18 heavy (non-hydrogen) atoms. The van der Waals surface area contributed by atoms with Gasteiger partial charge in [-0.25, -0.2) is 0 Å². The van der Waals surface area contributed by atoms with Crippen LogP contribution in [0.5, 0.6) is 0 Å². The molecule has 100 valence electrons. The zero-order valence-electron chi connectivity index (χ0n) is 11.3. The van der Waals surface area contributed by atoms with E-state index in [0.717, 1.165) is 43.1 Å². The summed E-state index contributed by atoms with van der Waals surface area (Å²) in [6.07, 6.45) is 8.94. The van der Waals surface area contributed by atoms with Crippen molar-refractivity contribution in [2.45, 2.75) is 64.5 Å². The van der Waals surface area contributed by atoms with E-state index in [0.29, 0.717) is 0 Å². The number of nitrogens with zero attached hydrogens (tertiary/aromatic N) is 3. The van der Waals surface area contributed by atoms with Gasteiger partial charge in [-0.05, 0) is 44.6 Å². The second-order valence-electron chi connectivity index (χ2n) is 5.73. The maximum Gasteiger partial charge on any atom is 0.240 e. The largest absolute Gasteiger partial charge is 0.338 e. The van der Waals surface area contributed by atoms with Crippen LogP contribution in [0.1, 0.15) is 57.2 Å². The number of likely N-dealkylation sites (tertiary alicyclic amines) is 1. The summed E-state index contributed by atoms with van der Waals surface area (Å²) >= 11 is 0. The van der Waals surface area contributed by atoms with Crippen LogP contribution < -0.4 is 0 Å². The van der Waals surface area contributed by atoms with Gasteiger partial charge in [0, 0.05) is 12.5 Å². The number of piperidine rings is 1. The summed E-state index contributed by atoms with van der Waals surface area (Å²) < 4.78 is 5.37. The fourth-order valence-electron chi connectivity index (χ4n) is 3.61. The van der Waals surface area contributed by atoms with Crippen LogP contribution in [-0.2, 0) is 13.0 Å². The Morgan fingerprint density at radius 1 is 1.28 bits per heavy atom. The van der Waals surface area contributed by atoms with E-state index in [-0.39, 0.29) is 0 Å². The van der Waals surface area contributed by atoms with Crippen molar-refractivity contribution in [2.24, 2.45) is 5.92 Å². The maximum atomic E-state index is 5.37. The van der Waals surface area contributed by atoms with E-state index in [9.17, 15) is 0 Å². The molecule has 0 N–H and O–H groups in total. The van der Waals surface area contributed by atoms with Gasteiger partial charge < -0.3 is 4.52 Å². The smallest absolute Gasteiger partial charge is 0.240 e. The quantitative estimate of drug-likeness (QED) is 0.823. The Morgan fingerprint density at radius 3 is 3.06 bits per heavy atom. The van der Waals surface area contributed by atoms with E-state index >= 15 is 0 Å². The van der Waals surface area contributed by atoms with Crippen LogP contribution in [-0.4, -0.2) is 27.6 Å². The third-order valence-corrected chi connectivity index (χ3v) is 4.43. The molecular formula is C14H23N3O. The second-order valence-corrected chi connectivity index (χ2v) is 5.73. The highest BCUT2D eigenvalue weighted by Gasteiger charge is 2.35. The minimum absolute atomic E-state index is 0.778. The monoisotopic (exact) mass is 249 g/mol. The summed E-state index contributed by atoms with van der Waals surface area (Å²) in [5.41, 5.74) is 0. The lowest BCUT2D eigenvalue weighted by Crippen LogP contribution is -2.41. The Kier molecular flexibility index (Phi) is 3.64. The third-order valence-electron chi connectivity index (χ3n) is 4.43. The summed E-state index contributed by atoms with van der Waals surface area (Å²) in [6, 6.07) is 0.778. The van der Waals surface area contributed by atoms with E-state index in [4.69, 9.17) is 4.52 Å². The van der Waals surface area contributed by atoms with Gasteiger partial charge in [-0.3, -0.25) is 4.90 Å². The highest BCUT2D eigenvalue weighted by molar-refractivity contribution is 4.92. The summed E-state index contributed by atoms with van der Waals surface area (Å²) in [5.74, 6) is 2.61. The molecule has 0 radical (unpaired) electrons. The van der Waals surface area contributed by atoms with Crippen molar-refractivity contribution in [2.75, 3.05) is 6.54 Å². The Morgan fingerprint density at radius 2 is 2.17 bits per heavy atom. The van der Waals surface area contributed by atoms with Gasteiger partial charge in [0.15, 0.2) is 5.82 Å². The predicted octanol–water partition coefficient (Wildman–Crippen LogP) is 2.79. The van der Waals surface area contributed by atoms with Crippen molar-refractivity contribution in [1.82, 2.24) is 15.0 Å². The molecule has 0 aromatic carbocycles. The van der Waals surface area contributed by atoms with E-state index in [2.05, 4.69) is 22.0 Å². The number of aryl methyl sites for hydroxylation is 1.